The Labute approximate surface area is 111 Å². The Balaban J connectivity index is 2.24. The standard InChI is InChI=1S/C13H8FIN2/c14-10-6-4-9(5-7-10)13-12(15)11-3-1-2-8-17(11)16-13/h1-8H. The van der Waals surface area contributed by atoms with Gasteiger partial charge in [0.25, 0.3) is 0 Å². The van der Waals surface area contributed by atoms with E-state index in [-0.39, 0.29) is 5.82 Å². The molecule has 0 bridgehead atoms. The molecular weight excluding hydrogens is 330 g/mol. The quantitative estimate of drug-likeness (QED) is 0.618. The van der Waals surface area contributed by atoms with Gasteiger partial charge in [0.15, 0.2) is 0 Å². The van der Waals surface area contributed by atoms with Gasteiger partial charge in [-0.3, -0.25) is 0 Å². The molecule has 0 saturated carbocycles. The average Bonchev–Trinajstić information content (AvgIpc) is 2.69. The second kappa shape index (κ2) is 4.10. The van der Waals surface area contributed by atoms with Crippen LogP contribution in [0.15, 0.2) is 48.7 Å². The van der Waals surface area contributed by atoms with E-state index in [1.807, 2.05) is 28.9 Å². The summed E-state index contributed by atoms with van der Waals surface area (Å²) in [7, 11) is 0. The Hall–Kier alpha value is -1.43. The molecule has 0 saturated heterocycles. The van der Waals surface area contributed by atoms with E-state index in [1.54, 1.807) is 12.1 Å². The van der Waals surface area contributed by atoms with Crippen LogP contribution in [0.4, 0.5) is 4.39 Å². The fourth-order valence-corrected chi connectivity index (χ4v) is 2.61. The van der Waals surface area contributed by atoms with Crippen molar-refractivity contribution in [2.45, 2.75) is 0 Å². The third kappa shape index (κ3) is 1.82. The molecule has 0 aliphatic carbocycles. The Morgan fingerprint density at radius 2 is 1.82 bits per heavy atom. The average molecular weight is 338 g/mol. The molecule has 3 aromatic rings. The van der Waals surface area contributed by atoms with Crippen molar-refractivity contribution in [3.05, 3.63) is 58.0 Å². The van der Waals surface area contributed by atoms with Crippen LogP contribution in [0.2, 0.25) is 0 Å². The van der Waals surface area contributed by atoms with Gasteiger partial charge in [-0.1, -0.05) is 6.07 Å². The van der Waals surface area contributed by atoms with E-state index in [1.165, 1.54) is 12.1 Å². The topological polar surface area (TPSA) is 17.3 Å². The largest absolute Gasteiger partial charge is 0.239 e. The number of halogens is 2. The monoisotopic (exact) mass is 338 g/mol. The van der Waals surface area contributed by atoms with Crippen LogP contribution in [0.3, 0.4) is 0 Å². The maximum Gasteiger partial charge on any atom is 0.123 e. The lowest BCUT2D eigenvalue weighted by atomic mass is 10.1. The molecule has 0 aliphatic rings. The summed E-state index contributed by atoms with van der Waals surface area (Å²) in [5, 5.41) is 4.50. The highest BCUT2D eigenvalue weighted by Crippen LogP contribution is 2.27. The number of benzene rings is 1. The molecule has 2 nitrogen and oxygen atoms in total. The molecule has 0 unspecified atom stereocenters. The molecule has 0 atom stereocenters. The van der Waals surface area contributed by atoms with Crippen LogP contribution in [0, 0.1) is 9.39 Å². The minimum absolute atomic E-state index is 0.229. The highest BCUT2D eigenvalue weighted by atomic mass is 127. The van der Waals surface area contributed by atoms with Gasteiger partial charge in [0.2, 0.25) is 0 Å². The number of hydrogen-bond acceptors (Lipinski definition) is 1. The van der Waals surface area contributed by atoms with E-state index < -0.39 is 0 Å². The summed E-state index contributed by atoms with van der Waals surface area (Å²) in [5.41, 5.74) is 2.88. The highest BCUT2D eigenvalue weighted by molar-refractivity contribution is 14.1. The number of aromatic nitrogens is 2. The molecule has 2 heterocycles. The fourth-order valence-electron chi connectivity index (χ4n) is 1.76. The summed E-state index contributed by atoms with van der Waals surface area (Å²) < 4.78 is 15.8. The summed E-state index contributed by atoms with van der Waals surface area (Å²) in [6, 6.07) is 12.3. The van der Waals surface area contributed by atoms with Crippen molar-refractivity contribution in [3.8, 4) is 11.3 Å². The Morgan fingerprint density at radius 3 is 2.53 bits per heavy atom. The lowest BCUT2D eigenvalue weighted by Gasteiger charge is -1.96. The van der Waals surface area contributed by atoms with Crippen LogP contribution < -0.4 is 0 Å². The summed E-state index contributed by atoms with van der Waals surface area (Å²) in [6.07, 6.45) is 1.91. The van der Waals surface area contributed by atoms with E-state index in [4.69, 9.17) is 0 Å². The summed E-state index contributed by atoms with van der Waals surface area (Å²) in [4.78, 5) is 0. The number of rotatable bonds is 1. The van der Waals surface area contributed by atoms with Gasteiger partial charge in [0, 0.05) is 11.8 Å². The molecule has 0 aliphatic heterocycles. The first-order valence-electron chi connectivity index (χ1n) is 5.14. The number of nitrogens with zero attached hydrogens (tertiary/aromatic N) is 2. The minimum Gasteiger partial charge on any atom is -0.239 e. The second-order valence-electron chi connectivity index (χ2n) is 3.70. The molecule has 17 heavy (non-hydrogen) atoms. The molecule has 3 rings (SSSR count). The van der Waals surface area contributed by atoms with Crippen molar-refractivity contribution in [1.29, 1.82) is 0 Å². The zero-order chi connectivity index (χ0) is 11.8. The van der Waals surface area contributed by atoms with E-state index in [2.05, 4.69) is 27.7 Å². The van der Waals surface area contributed by atoms with Gasteiger partial charge in [-0.05, 0) is 59.0 Å². The van der Waals surface area contributed by atoms with Crippen molar-refractivity contribution in [1.82, 2.24) is 9.61 Å². The SMILES string of the molecule is Fc1ccc(-c2nn3ccccc3c2I)cc1. The zero-order valence-corrected chi connectivity index (χ0v) is 10.9. The number of hydrogen-bond donors (Lipinski definition) is 0. The molecule has 4 heteroatoms. The van der Waals surface area contributed by atoms with Crippen LogP contribution in [-0.2, 0) is 0 Å². The zero-order valence-electron chi connectivity index (χ0n) is 8.77. The van der Waals surface area contributed by atoms with E-state index in [9.17, 15) is 4.39 Å². The predicted molar refractivity (Wildman–Crippen MR) is 73.3 cm³/mol. The molecule has 1 aromatic carbocycles. The molecule has 0 fully saturated rings. The third-order valence-electron chi connectivity index (χ3n) is 2.60. The second-order valence-corrected chi connectivity index (χ2v) is 4.78. The van der Waals surface area contributed by atoms with Crippen LogP contribution in [0.1, 0.15) is 0 Å². The number of pyridine rings is 1. The Kier molecular flexibility index (Phi) is 2.58. The molecule has 0 radical (unpaired) electrons. The van der Waals surface area contributed by atoms with E-state index in [0.29, 0.717) is 0 Å². The predicted octanol–water partition coefficient (Wildman–Crippen LogP) is 3.75. The van der Waals surface area contributed by atoms with Gasteiger partial charge in [0.05, 0.1) is 9.09 Å². The van der Waals surface area contributed by atoms with Crippen molar-refractivity contribution in [2.24, 2.45) is 0 Å². The molecule has 0 spiro atoms. The van der Waals surface area contributed by atoms with Gasteiger partial charge in [-0.2, -0.15) is 5.10 Å². The van der Waals surface area contributed by atoms with Crippen LogP contribution in [0.25, 0.3) is 16.8 Å². The van der Waals surface area contributed by atoms with E-state index in [0.717, 1.165) is 20.3 Å². The number of fused-ring (bicyclic) bond motifs is 1. The highest BCUT2D eigenvalue weighted by Gasteiger charge is 2.11. The van der Waals surface area contributed by atoms with Crippen LogP contribution >= 0.6 is 22.6 Å². The fraction of sp³-hybridized carbons (Fsp3) is 0. The maximum atomic E-state index is 12.9. The summed E-state index contributed by atoms with van der Waals surface area (Å²) in [6.45, 7) is 0. The lowest BCUT2D eigenvalue weighted by molar-refractivity contribution is 0.628. The molecular formula is C13H8FIN2. The smallest absolute Gasteiger partial charge is 0.123 e. The van der Waals surface area contributed by atoms with Crippen LogP contribution in [-0.4, -0.2) is 9.61 Å². The van der Waals surface area contributed by atoms with Gasteiger partial charge < -0.3 is 0 Å². The normalized spacial score (nSPS) is 10.9. The van der Waals surface area contributed by atoms with Gasteiger partial charge in [-0.15, -0.1) is 0 Å². The molecule has 0 amide bonds. The molecule has 84 valence electrons. The van der Waals surface area contributed by atoms with Gasteiger partial charge >= 0.3 is 0 Å². The molecule has 2 aromatic heterocycles. The van der Waals surface area contributed by atoms with Gasteiger partial charge in [-0.25, -0.2) is 8.91 Å². The van der Waals surface area contributed by atoms with Crippen molar-refractivity contribution in [2.75, 3.05) is 0 Å². The van der Waals surface area contributed by atoms with Crippen molar-refractivity contribution >= 4 is 28.1 Å². The van der Waals surface area contributed by atoms with E-state index >= 15 is 0 Å². The lowest BCUT2D eigenvalue weighted by Crippen LogP contribution is -1.85. The molecule has 0 N–H and O–H groups in total. The third-order valence-corrected chi connectivity index (χ3v) is 3.66. The van der Waals surface area contributed by atoms with Crippen molar-refractivity contribution < 1.29 is 4.39 Å². The first kappa shape index (κ1) is 10.7. The maximum absolute atomic E-state index is 12.9. The summed E-state index contributed by atoms with van der Waals surface area (Å²) in [5.74, 6) is -0.229. The van der Waals surface area contributed by atoms with Crippen LogP contribution in [0.5, 0.6) is 0 Å². The summed E-state index contributed by atoms with van der Waals surface area (Å²) >= 11 is 2.27. The Morgan fingerprint density at radius 1 is 1.06 bits per heavy atom. The first-order chi connectivity index (χ1) is 8.25. The Bertz CT molecular complexity index is 673. The van der Waals surface area contributed by atoms with Gasteiger partial charge in [0.1, 0.15) is 11.5 Å². The van der Waals surface area contributed by atoms with Crippen molar-refractivity contribution in [3.63, 3.8) is 0 Å². The first-order valence-corrected chi connectivity index (χ1v) is 6.22. The minimum atomic E-state index is -0.229.